The second-order valence-electron chi connectivity index (χ2n) is 19.3. The number of amides is 2. The van der Waals surface area contributed by atoms with Gasteiger partial charge in [-0.25, -0.2) is 22.4 Å². The smallest absolute Gasteiger partial charge is 0.265 e. The molecule has 2 amide bonds. The number of imidazole rings is 1. The Morgan fingerprint density at radius 2 is 1.37 bits per heavy atom. The van der Waals surface area contributed by atoms with E-state index in [1.807, 2.05) is 113 Å². The summed E-state index contributed by atoms with van der Waals surface area (Å²) in [5.41, 5.74) is 11.5. The number of nitrogens with one attached hydrogen (secondary N) is 4. The number of benzene rings is 7. The van der Waals surface area contributed by atoms with E-state index in [2.05, 4.69) is 36.0 Å². The molecule has 21 heteroatoms. The molecule has 5 N–H and O–H groups in total. The lowest BCUT2D eigenvalue weighted by Crippen LogP contribution is -2.33. The van der Waals surface area contributed by atoms with Gasteiger partial charge < -0.3 is 33.6 Å². The minimum absolute atomic E-state index is 0.0780. The van der Waals surface area contributed by atoms with Crippen LogP contribution in [0.15, 0.2) is 168 Å². The quantitative estimate of drug-likeness (QED) is 0.0574. The molecule has 4 heterocycles. The third-order valence-corrected chi connectivity index (χ3v) is 15.7. The van der Waals surface area contributed by atoms with Crippen LogP contribution in [0, 0.1) is 34.6 Å². The molecule has 7 aromatic carbocycles. The number of aromatic amines is 2. The molecule has 11 aromatic rings. The van der Waals surface area contributed by atoms with Crippen molar-refractivity contribution in [1.82, 2.24) is 34.4 Å². The fourth-order valence-corrected chi connectivity index (χ4v) is 10.9. The molecule has 418 valence electrons. The van der Waals surface area contributed by atoms with Crippen LogP contribution in [0.3, 0.4) is 0 Å². The molecule has 0 fully saturated rings. The second kappa shape index (κ2) is 24.2. The number of ether oxygens (including phenoxy) is 2. The van der Waals surface area contributed by atoms with Gasteiger partial charge in [0.25, 0.3) is 11.8 Å². The van der Waals surface area contributed by atoms with Crippen LogP contribution in [0.5, 0.6) is 28.9 Å². The number of fused-ring (bicyclic) bond motifs is 4. The summed E-state index contributed by atoms with van der Waals surface area (Å²) in [6.45, 7) is 13.5. The Morgan fingerprint density at radius 3 is 2.09 bits per heavy atom. The molecule has 82 heavy (non-hydrogen) atoms. The van der Waals surface area contributed by atoms with Gasteiger partial charge in [0.15, 0.2) is 29.3 Å². The van der Waals surface area contributed by atoms with Crippen molar-refractivity contribution < 1.29 is 41.0 Å². The van der Waals surface area contributed by atoms with Gasteiger partial charge in [0.05, 0.1) is 26.5 Å². The van der Waals surface area contributed by atoms with Gasteiger partial charge in [0, 0.05) is 28.6 Å². The lowest BCUT2D eigenvalue weighted by atomic mass is 9.96. The fraction of sp³-hybridized carbons (Fsp3) is 0.164. The molecule has 0 aliphatic rings. The first kappa shape index (κ1) is 56.1. The SMILES string of the molecule is CC(Oc1ccc(OS(=O)c2ccc(O)cc2)cc1)C(=O)Nc1ccc(-c2[nH]n3c(nc4ccccc43)c2Cl)cc1.CCC(Oc1ccc(C)cc1C)C(=O)Nc1c(C)cc(C)c(-c2nnc3cc(OS(=O)c4ccccc4)[nH]n23)c1C. The van der Waals surface area contributed by atoms with Gasteiger partial charge in [-0.2, -0.15) is 0 Å². The number of aryl methyl sites for hydroxylation is 4. The van der Waals surface area contributed by atoms with Crippen molar-refractivity contribution in [2.45, 2.75) is 76.9 Å². The summed E-state index contributed by atoms with van der Waals surface area (Å²) < 4.78 is 51.6. The minimum Gasteiger partial charge on any atom is -0.508 e. The Morgan fingerprint density at radius 1 is 0.683 bits per heavy atom. The number of para-hydroxylation sites is 2. The number of aromatic nitrogens is 7. The number of hydrogen-bond donors (Lipinski definition) is 5. The number of H-pyrrole nitrogens is 2. The van der Waals surface area contributed by atoms with Gasteiger partial charge >= 0.3 is 0 Å². The normalized spacial score (nSPS) is 12.7. The van der Waals surface area contributed by atoms with E-state index in [-0.39, 0.29) is 17.6 Å². The molecule has 0 saturated heterocycles. The first-order valence-electron chi connectivity index (χ1n) is 26.0. The molecule has 11 rings (SSSR count). The third-order valence-electron chi connectivity index (χ3n) is 13.3. The van der Waals surface area contributed by atoms with Crippen LogP contribution in [0.1, 0.15) is 48.1 Å². The first-order valence-corrected chi connectivity index (χ1v) is 28.5. The molecular formula is C61H56ClN9O9S2. The van der Waals surface area contributed by atoms with Crippen molar-refractivity contribution in [1.29, 1.82) is 0 Å². The molecule has 0 spiro atoms. The van der Waals surface area contributed by atoms with Crippen LogP contribution in [0.25, 0.3) is 45.0 Å². The highest BCUT2D eigenvalue weighted by atomic mass is 35.5. The van der Waals surface area contributed by atoms with Crippen LogP contribution in [0.2, 0.25) is 5.02 Å². The number of carbonyl (C=O) groups is 2. The number of nitrogens with zero attached hydrogens (tertiary/aromatic N) is 5. The lowest BCUT2D eigenvalue weighted by Gasteiger charge is -2.22. The molecule has 4 aromatic heterocycles. The van der Waals surface area contributed by atoms with Crippen molar-refractivity contribution in [3.63, 3.8) is 0 Å². The number of phenolic OH excluding ortho intramolecular Hbond substituents is 1. The van der Waals surface area contributed by atoms with Crippen molar-refractivity contribution in [3.05, 3.63) is 191 Å². The zero-order valence-corrected chi connectivity index (χ0v) is 47.9. The molecule has 0 aliphatic heterocycles. The summed E-state index contributed by atoms with van der Waals surface area (Å²) in [5.74, 6) is 1.88. The van der Waals surface area contributed by atoms with Gasteiger partial charge in [-0.05, 0) is 161 Å². The zero-order valence-electron chi connectivity index (χ0n) is 45.5. The average Bonchev–Trinajstić information content (AvgIpc) is 4.39. The first-order chi connectivity index (χ1) is 39.5. The van der Waals surface area contributed by atoms with E-state index < -0.39 is 34.4 Å². The second-order valence-corrected chi connectivity index (χ2v) is 21.9. The maximum atomic E-state index is 13.4. The Kier molecular flexibility index (Phi) is 16.6. The van der Waals surface area contributed by atoms with E-state index in [1.54, 1.807) is 78.2 Å². The highest BCUT2D eigenvalue weighted by Crippen LogP contribution is 2.36. The van der Waals surface area contributed by atoms with Crippen LogP contribution >= 0.6 is 11.6 Å². The van der Waals surface area contributed by atoms with E-state index in [1.165, 1.54) is 24.3 Å². The van der Waals surface area contributed by atoms with E-state index in [0.29, 0.717) is 72.9 Å². The van der Waals surface area contributed by atoms with E-state index in [9.17, 15) is 23.1 Å². The molecule has 4 unspecified atom stereocenters. The molecular weight excluding hydrogens is 1100 g/mol. The summed E-state index contributed by atoms with van der Waals surface area (Å²) in [4.78, 5) is 31.8. The van der Waals surface area contributed by atoms with Crippen molar-refractivity contribution in [2.24, 2.45) is 0 Å². The number of phenols is 1. The summed E-state index contributed by atoms with van der Waals surface area (Å²) in [6.07, 6.45) is -0.934. The van der Waals surface area contributed by atoms with E-state index in [4.69, 9.17) is 29.4 Å². The van der Waals surface area contributed by atoms with Crippen molar-refractivity contribution in [2.75, 3.05) is 10.6 Å². The van der Waals surface area contributed by atoms with Crippen LogP contribution < -0.4 is 28.5 Å². The molecule has 0 bridgehead atoms. The van der Waals surface area contributed by atoms with Gasteiger partial charge in [0.2, 0.25) is 28.0 Å². The Labute approximate surface area is 481 Å². The van der Waals surface area contributed by atoms with E-state index in [0.717, 1.165) is 55.7 Å². The highest BCUT2D eigenvalue weighted by Gasteiger charge is 2.25. The molecule has 0 saturated carbocycles. The van der Waals surface area contributed by atoms with Gasteiger partial charge in [-0.1, -0.05) is 84.8 Å². The van der Waals surface area contributed by atoms with Gasteiger partial charge in [-0.3, -0.25) is 19.8 Å². The van der Waals surface area contributed by atoms with Gasteiger partial charge in [0.1, 0.15) is 28.0 Å². The fourth-order valence-electron chi connectivity index (χ4n) is 9.20. The maximum absolute atomic E-state index is 13.4. The number of rotatable bonds is 17. The Balaban J connectivity index is 0.000000184. The lowest BCUT2D eigenvalue weighted by molar-refractivity contribution is -0.123. The number of hydrogen-bond acceptors (Lipinski definition) is 12. The predicted octanol–water partition coefficient (Wildman–Crippen LogP) is 12.5. The summed E-state index contributed by atoms with van der Waals surface area (Å²) >= 11 is 3.20. The highest BCUT2D eigenvalue weighted by molar-refractivity contribution is 7.80. The monoisotopic (exact) mass is 1160 g/mol. The summed E-state index contributed by atoms with van der Waals surface area (Å²) in [5, 5.41) is 31.0. The van der Waals surface area contributed by atoms with Crippen LogP contribution in [-0.4, -0.2) is 72.0 Å². The third kappa shape index (κ3) is 12.2. The van der Waals surface area contributed by atoms with E-state index >= 15 is 0 Å². The number of aromatic hydroxyl groups is 1. The van der Waals surface area contributed by atoms with Crippen LogP contribution in [0.4, 0.5) is 11.4 Å². The predicted molar refractivity (Wildman–Crippen MR) is 318 cm³/mol. The standard InChI is InChI=1S/C31H33N5O4S.C30H23ClN4O5S/c1-7-24(39-25-14-13-18(2)15-19(25)3)31(37)32-29-21(5)16-20(4)28(22(29)6)30-34-33-26-17-27(35-36(26)30)40-41(38)23-11-9-8-10-12-23;1-18(39-22-12-14-23(15-13-22)40-41(38)24-16-10-21(36)11-17-24)30(37)32-20-8-6-19(7-9-20)28-27(31)29-33-25-4-2-3-5-26(25)35(29)34-28/h8-17,24,35H,7H2,1-6H3,(H,32,37);2-18,34,36H,1H3,(H,32,37). The maximum Gasteiger partial charge on any atom is 0.265 e. The minimum atomic E-state index is -1.74. The molecule has 0 aliphatic carbocycles. The Bertz CT molecular complexity index is 4180. The summed E-state index contributed by atoms with van der Waals surface area (Å²) in [7, 11) is 0. The molecule has 18 nitrogen and oxygen atoms in total. The van der Waals surface area contributed by atoms with Gasteiger partial charge in [-0.15, -0.1) is 10.2 Å². The Hall–Kier alpha value is -9.24. The average molecular weight is 1160 g/mol. The largest absolute Gasteiger partial charge is 0.508 e. The zero-order chi connectivity index (χ0) is 57.8. The molecule has 4 atom stereocenters. The number of halogens is 1. The van der Waals surface area contributed by atoms with Crippen molar-refractivity contribution in [3.8, 4) is 51.5 Å². The number of anilines is 2. The van der Waals surface area contributed by atoms with Crippen LogP contribution in [-0.2, 0) is 31.7 Å². The summed E-state index contributed by atoms with van der Waals surface area (Å²) in [6, 6.07) is 46.0. The molecule has 0 radical (unpaired) electrons. The van der Waals surface area contributed by atoms with Crippen molar-refractivity contribution >= 4 is 79.3 Å². The number of carbonyl (C=O) groups excluding carboxylic acids is 2. The topological polar surface area (TPSA) is 229 Å².